The van der Waals surface area contributed by atoms with Gasteiger partial charge in [0.1, 0.15) is 0 Å². The molecule has 1 aromatic rings. The Balaban J connectivity index is 2.23. The van der Waals surface area contributed by atoms with Gasteiger partial charge in [-0.05, 0) is 29.9 Å². The van der Waals surface area contributed by atoms with Crippen LogP contribution in [0.5, 0.6) is 0 Å². The van der Waals surface area contributed by atoms with Gasteiger partial charge < -0.3 is 5.73 Å². The predicted octanol–water partition coefficient (Wildman–Crippen LogP) is 1.92. The first-order valence-corrected chi connectivity index (χ1v) is 4.53. The predicted molar refractivity (Wildman–Crippen MR) is 51.0 cm³/mol. The van der Waals surface area contributed by atoms with E-state index in [4.69, 9.17) is 5.73 Å². The molecule has 2 N–H and O–H groups in total. The second-order valence-corrected chi connectivity index (χ2v) is 3.92. The smallest absolute Gasteiger partial charge is 0.00313 e. The Morgan fingerprint density at radius 2 is 2.08 bits per heavy atom. The Bertz CT molecular complexity index is 268. The van der Waals surface area contributed by atoms with Crippen molar-refractivity contribution < 1.29 is 0 Å². The second kappa shape index (κ2) is 2.60. The van der Waals surface area contributed by atoms with Gasteiger partial charge in [-0.1, -0.05) is 37.3 Å². The van der Waals surface area contributed by atoms with Crippen LogP contribution in [0.3, 0.4) is 0 Å². The first-order valence-electron chi connectivity index (χ1n) is 4.53. The molecule has 1 heteroatoms. The van der Waals surface area contributed by atoms with Gasteiger partial charge in [-0.25, -0.2) is 0 Å². The maximum atomic E-state index is 5.65. The molecule has 1 aliphatic carbocycles. The van der Waals surface area contributed by atoms with Crippen LogP contribution in [0.25, 0.3) is 0 Å². The fourth-order valence-electron chi connectivity index (χ4n) is 1.97. The van der Waals surface area contributed by atoms with E-state index < -0.39 is 0 Å². The molecule has 0 saturated heterocycles. The topological polar surface area (TPSA) is 26.0 Å². The lowest BCUT2D eigenvalue weighted by Gasteiger charge is -2.10. The molecule has 0 unspecified atom stereocenters. The first kappa shape index (κ1) is 7.81. The van der Waals surface area contributed by atoms with Crippen molar-refractivity contribution in [2.45, 2.75) is 18.8 Å². The van der Waals surface area contributed by atoms with Gasteiger partial charge in [-0.15, -0.1) is 0 Å². The number of hydrogen-bond acceptors (Lipinski definition) is 1. The summed E-state index contributed by atoms with van der Waals surface area (Å²) in [6.45, 7) is 3.13. The number of nitrogens with two attached hydrogens (primary N) is 1. The van der Waals surface area contributed by atoms with Gasteiger partial charge in [0.25, 0.3) is 0 Å². The zero-order chi connectivity index (χ0) is 8.60. The van der Waals surface area contributed by atoms with Crippen LogP contribution in [0.4, 0.5) is 0 Å². The molecular weight excluding hydrogens is 146 g/mol. The largest absolute Gasteiger partial charge is 0.330 e. The lowest BCUT2D eigenvalue weighted by atomic mass is 9.96. The van der Waals surface area contributed by atoms with Crippen molar-refractivity contribution in [1.29, 1.82) is 0 Å². The lowest BCUT2D eigenvalue weighted by Crippen LogP contribution is -2.11. The molecule has 1 aromatic carbocycles. The fraction of sp³-hybridized carbons (Fsp3) is 0.455. The Hall–Kier alpha value is -0.820. The monoisotopic (exact) mass is 161 g/mol. The van der Waals surface area contributed by atoms with Crippen molar-refractivity contribution in [3.63, 3.8) is 0 Å². The van der Waals surface area contributed by atoms with Crippen LogP contribution in [0, 0.1) is 5.92 Å². The summed E-state index contributed by atoms with van der Waals surface area (Å²) in [6, 6.07) is 10.7. The van der Waals surface area contributed by atoms with Crippen LogP contribution in [0.2, 0.25) is 0 Å². The SMILES string of the molecule is C[C@@]1(c2ccccc2)C[C@@H]1CN. The van der Waals surface area contributed by atoms with E-state index in [-0.39, 0.29) is 0 Å². The summed E-state index contributed by atoms with van der Waals surface area (Å²) >= 11 is 0. The van der Waals surface area contributed by atoms with E-state index in [0.29, 0.717) is 11.3 Å². The highest BCUT2D eigenvalue weighted by atomic mass is 14.7. The molecule has 1 nitrogen and oxygen atoms in total. The summed E-state index contributed by atoms with van der Waals surface area (Å²) in [6.07, 6.45) is 1.26. The van der Waals surface area contributed by atoms with Crippen molar-refractivity contribution in [3.8, 4) is 0 Å². The highest BCUT2D eigenvalue weighted by molar-refractivity contribution is 5.32. The van der Waals surface area contributed by atoms with Crippen molar-refractivity contribution >= 4 is 0 Å². The molecule has 12 heavy (non-hydrogen) atoms. The molecule has 64 valence electrons. The number of hydrogen-bond donors (Lipinski definition) is 1. The van der Waals surface area contributed by atoms with Crippen molar-refractivity contribution in [2.24, 2.45) is 11.7 Å². The Labute approximate surface area is 73.6 Å². The zero-order valence-corrected chi connectivity index (χ0v) is 7.46. The van der Waals surface area contributed by atoms with Gasteiger partial charge in [0, 0.05) is 0 Å². The van der Waals surface area contributed by atoms with E-state index in [1.807, 2.05) is 0 Å². The summed E-state index contributed by atoms with van der Waals surface area (Å²) < 4.78 is 0. The Morgan fingerprint density at radius 3 is 2.58 bits per heavy atom. The Morgan fingerprint density at radius 1 is 1.42 bits per heavy atom. The molecule has 0 spiro atoms. The standard InChI is InChI=1S/C11H15N/c1-11(7-10(11)8-12)9-5-3-2-4-6-9/h2-6,10H,7-8,12H2,1H3/t10-,11+/m1/s1. The minimum atomic E-state index is 0.385. The molecule has 2 atom stereocenters. The second-order valence-electron chi connectivity index (χ2n) is 3.92. The third-order valence-corrected chi connectivity index (χ3v) is 3.13. The van der Waals surface area contributed by atoms with E-state index in [0.717, 1.165) is 6.54 Å². The van der Waals surface area contributed by atoms with Crippen LogP contribution >= 0.6 is 0 Å². The summed E-state index contributed by atoms with van der Waals surface area (Å²) in [5.74, 6) is 0.708. The lowest BCUT2D eigenvalue weighted by molar-refractivity contribution is 0.666. The van der Waals surface area contributed by atoms with Crippen molar-refractivity contribution in [3.05, 3.63) is 35.9 Å². The van der Waals surface area contributed by atoms with E-state index in [1.165, 1.54) is 12.0 Å². The molecule has 1 fully saturated rings. The minimum absolute atomic E-state index is 0.385. The van der Waals surface area contributed by atoms with Crippen LogP contribution in [0.15, 0.2) is 30.3 Å². The minimum Gasteiger partial charge on any atom is -0.330 e. The van der Waals surface area contributed by atoms with E-state index in [2.05, 4.69) is 37.3 Å². The van der Waals surface area contributed by atoms with Gasteiger partial charge in [-0.3, -0.25) is 0 Å². The van der Waals surface area contributed by atoms with Crippen LogP contribution in [-0.2, 0) is 5.41 Å². The molecule has 2 rings (SSSR count). The first-order chi connectivity index (χ1) is 5.77. The summed E-state index contributed by atoms with van der Waals surface area (Å²) in [4.78, 5) is 0. The zero-order valence-electron chi connectivity index (χ0n) is 7.46. The van der Waals surface area contributed by atoms with Crippen LogP contribution < -0.4 is 5.73 Å². The molecule has 0 aliphatic heterocycles. The summed E-state index contributed by atoms with van der Waals surface area (Å²) in [7, 11) is 0. The van der Waals surface area contributed by atoms with Crippen molar-refractivity contribution in [2.75, 3.05) is 6.54 Å². The van der Waals surface area contributed by atoms with Crippen LogP contribution in [-0.4, -0.2) is 6.54 Å². The third-order valence-electron chi connectivity index (χ3n) is 3.13. The normalized spacial score (nSPS) is 33.3. The third kappa shape index (κ3) is 1.05. The highest BCUT2D eigenvalue weighted by Gasteiger charge is 2.49. The van der Waals surface area contributed by atoms with E-state index in [9.17, 15) is 0 Å². The highest BCUT2D eigenvalue weighted by Crippen LogP contribution is 2.53. The average Bonchev–Trinajstić information content (AvgIpc) is 2.81. The fourth-order valence-corrected chi connectivity index (χ4v) is 1.97. The summed E-state index contributed by atoms with van der Waals surface area (Å²) in [5.41, 5.74) is 7.48. The summed E-state index contributed by atoms with van der Waals surface area (Å²) in [5, 5.41) is 0. The molecule has 0 radical (unpaired) electrons. The van der Waals surface area contributed by atoms with E-state index >= 15 is 0 Å². The quantitative estimate of drug-likeness (QED) is 0.704. The maximum absolute atomic E-state index is 5.65. The average molecular weight is 161 g/mol. The molecule has 0 amide bonds. The van der Waals surface area contributed by atoms with Gasteiger partial charge >= 0.3 is 0 Å². The molecular formula is C11H15N. The molecule has 0 aromatic heterocycles. The molecule has 1 saturated carbocycles. The van der Waals surface area contributed by atoms with Gasteiger partial charge in [0.05, 0.1) is 0 Å². The van der Waals surface area contributed by atoms with E-state index in [1.54, 1.807) is 0 Å². The van der Waals surface area contributed by atoms with Crippen molar-refractivity contribution in [1.82, 2.24) is 0 Å². The van der Waals surface area contributed by atoms with Gasteiger partial charge in [0.15, 0.2) is 0 Å². The molecule has 0 bridgehead atoms. The van der Waals surface area contributed by atoms with Crippen LogP contribution in [0.1, 0.15) is 18.9 Å². The Kier molecular flexibility index (Phi) is 1.69. The molecule has 1 aliphatic rings. The number of benzene rings is 1. The maximum Gasteiger partial charge on any atom is -0.00313 e. The van der Waals surface area contributed by atoms with Gasteiger partial charge in [0.2, 0.25) is 0 Å². The number of rotatable bonds is 2. The van der Waals surface area contributed by atoms with Gasteiger partial charge in [-0.2, -0.15) is 0 Å². The molecule has 0 heterocycles.